The molecule has 0 bridgehead atoms. The summed E-state index contributed by atoms with van der Waals surface area (Å²) in [4.78, 5) is 11.3. The fourth-order valence-electron chi connectivity index (χ4n) is 4.37. The van der Waals surface area contributed by atoms with E-state index in [4.69, 9.17) is 4.74 Å². The summed E-state index contributed by atoms with van der Waals surface area (Å²) in [5.74, 6) is 3.29. The molecule has 2 fully saturated rings. The molecule has 0 aromatic carbocycles. The van der Waals surface area contributed by atoms with Gasteiger partial charge < -0.3 is 10.1 Å². The molecule has 2 aliphatic rings. The Labute approximate surface area is 149 Å². The molecule has 0 unspecified atom stereocenters. The largest absolute Gasteiger partial charge is 0.488 e. The molecular weight excluding hydrogens is 312 g/mol. The standard InChI is InChI=1S/C20H26N4O/c1-14-18(6-4-9-22-14)25-19-8-7-15-11-24(13-17(15)19)12-16-5-3-10-23-20(16)21-2/h3-6,9-10,15,17,19H,7-8,11-13H2,1-2H3,(H,21,23)/t15-,17+,19-/m1/s1. The highest BCUT2D eigenvalue weighted by atomic mass is 16.5. The van der Waals surface area contributed by atoms with Crippen molar-refractivity contribution in [3.05, 3.63) is 47.9 Å². The molecule has 1 saturated heterocycles. The summed E-state index contributed by atoms with van der Waals surface area (Å²) in [6.45, 7) is 5.24. The summed E-state index contributed by atoms with van der Waals surface area (Å²) in [7, 11) is 1.94. The lowest BCUT2D eigenvalue weighted by Crippen LogP contribution is -2.28. The average Bonchev–Trinajstić information content (AvgIpc) is 3.18. The number of fused-ring (bicyclic) bond motifs is 1. The lowest BCUT2D eigenvalue weighted by Gasteiger charge is -2.23. The number of ether oxygens (including phenoxy) is 1. The summed E-state index contributed by atoms with van der Waals surface area (Å²) < 4.78 is 6.35. The van der Waals surface area contributed by atoms with Crippen molar-refractivity contribution in [2.75, 3.05) is 25.5 Å². The van der Waals surface area contributed by atoms with E-state index in [2.05, 4.69) is 26.3 Å². The van der Waals surface area contributed by atoms with Crippen LogP contribution in [0.25, 0.3) is 0 Å². The van der Waals surface area contributed by atoms with Gasteiger partial charge in [-0.05, 0) is 43.9 Å². The second-order valence-corrected chi connectivity index (χ2v) is 7.20. The normalized spacial score (nSPS) is 25.8. The highest BCUT2D eigenvalue weighted by molar-refractivity contribution is 5.42. The van der Waals surface area contributed by atoms with Crippen LogP contribution in [0.4, 0.5) is 5.82 Å². The molecule has 1 N–H and O–H groups in total. The SMILES string of the molecule is CNc1ncccc1CN1C[C@H]2CC[C@@H](Oc3cccnc3C)[C@H]2C1. The molecule has 3 heterocycles. The molecule has 3 atom stereocenters. The van der Waals surface area contributed by atoms with Gasteiger partial charge in [-0.25, -0.2) is 4.98 Å². The quantitative estimate of drug-likeness (QED) is 0.908. The Balaban J connectivity index is 1.42. The molecule has 1 aliphatic carbocycles. The van der Waals surface area contributed by atoms with Crippen LogP contribution in [0.5, 0.6) is 5.75 Å². The van der Waals surface area contributed by atoms with Crippen LogP contribution < -0.4 is 10.1 Å². The Bertz CT molecular complexity index is 735. The molecule has 25 heavy (non-hydrogen) atoms. The van der Waals surface area contributed by atoms with Gasteiger partial charge in [0.15, 0.2) is 0 Å². The molecule has 4 rings (SSSR count). The predicted molar refractivity (Wildman–Crippen MR) is 98.7 cm³/mol. The molecule has 132 valence electrons. The molecule has 0 radical (unpaired) electrons. The van der Waals surface area contributed by atoms with Gasteiger partial charge in [-0.2, -0.15) is 0 Å². The van der Waals surface area contributed by atoms with Gasteiger partial charge >= 0.3 is 0 Å². The van der Waals surface area contributed by atoms with Gasteiger partial charge in [0.2, 0.25) is 0 Å². The summed E-state index contributed by atoms with van der Waals surface area (Å²) >= 11 is 0. The van der Waals surface area contributed by atoms with Crippen molar-refractivity contribution in [2.24, 2.45) is 11.8 Å². The van der Waals surface area contributed by atoms with E-state index < -0.39 is 0 Å². The third-order valence-electron chi connectivity index (χ3n) is 5.63. The molecule has 1 aliphatic heterocycles. The van der Waals surface area contributed by atoms with Crippen LogP contribution in [0, 0.1) is 18.8 Å². The maximum atomic E-state index is 6.35. The Kier molecular flexibility index (Phi) is 4.57. The van der Waals surface area contributed by atoms with Crippen molar-refractivity contribution in [3.8, 4) is 5.75 Å². The van der Waals surface area contributed by atoms with Crippen molar-refractivity contribution in [1.29, 1.82) is 0 Å². The number of pyridine rings is 2. The van der Waals surface area contributed by atoms with Crippen LogP contribution in [0.3, 0.4) is 0 Å². The number of nitrogens with one attached hydrogen (secondary N) is 1. The maximum Gasteiger partial charge on any atom is 0.140 e. The van der Waals surface area contributed by atoms with Crippen LogP contribution in [0.2, 0.25) is 0 Å². The average molecular weight is 338 g/mol. The predicted octanol–water partition coefficient (Wildman–Crippen LogP) is 3.12. The topological polar surface area (TPSA) is 50.3 Å². The minimum Gasteiger partial charge on any atom is -0.488 e. The lowest BCUT2D eigenvalue weighted by atomic mass is 9.99. The maximum absolute atomic E-state index is 6.35. The molecule has 1 saturated carbocycles. The fraction of sp³-hybridized carbons (Fsp3) is 0.500. The van der Waals surface area contributed by atoms with E-state index in [1.165, 1.54) is 12.0 Å². The summed E-state index contributed by atoms with van der Waals surface area (Å²) in [5.41, 5.74) is 2.25. The summed E-state index contributed by atoms with van der Waals surface area (Å²) in [6.07, 6.45) is 6.40. The van der Waals surface area contributed by atoms with E-state index >= 15 is 0 Å². The van der Waals surface area contributed by atoms with E-state index in [0.717, 1.165) is 49.2 Å². The van der Waals surface area contributed by atoms with Gasteiger partial charge in [-0.1, -0.05) is 6.07 Å². The molecule has 2 aromatic heterocycles. The second-order valence-electron chi connectivity index (χ2n) is 7.20. The molecule has 0 amide bonds. The Hall–Kier alpha value is -2.14. The van der Waals surface area contributed by atoms with Crippen molar-refractivity contribution in [3.63, 3.8) is 0 Å². The molecule has 5 heteroatoms. The monoisotopic (exact) mass is 338 g/mol. The first kappa shape index (κ1) is 16.3. The number of rotatable bonds is 5. The molecule has 2 aromatic rings. The minimum atomic E-state index is 0.315. The van der Waals surface area contributed by atoms with Crippen molar-refractivity contribution in [1.82, 2.24) is 14.9 Å². The van der Waals surface area contributed by atoms with Crippen molar-refractivity contribution >= 4 is 5.82 Å². The first-order chi connectivity index (χ1) is 12.2. The van der Waals surface area contributed by atoms with E-state index in [9.17, 15) is 0 Å². The number of aromatic nitrogens is 2. The van der Waals surface area contributed by atoms with Gasteiger partial charge in [0.1, 0.15) is 17.7 Å². The van der Waals surface area contributed by atoms with Crippen LogP contribution in [0.1, 0.15) is 24.1 Å². The summed E-state index contributed by atoms with van der Waals surface area (Å²) in [5, 5.41) is 3.20. The Morgan fingerprint density at radius 1 is 1.16 bits per heavy atom. The number of anilines is 1. The Morgan fingerprint density at radius 2 is 2.00 bits per heavy atom. The zero-order valence-corrected chi connectivity index (χ0v) is 15.0. The minimum absolute atomic E-state index is 0.315. The number of nitrogens with zero attached hydrogens (tertiary/aromatic N) is 3. The van der Waals surface area contributed by atoms with Crippen LogP contribution >= 0.6 is 0 Å². The molecule has 5 nitrogen and oxygen atoms in total. The first-order valence-corrected chi connectivity index (χ1v) is 9.17. The fourth-order valence-corrected chi connectivity index (χ4v) is 4.37. The van der Waals surface area contributed by atoms with Gasteiger partial charge in [0.25, 0.3) is 0 Å². The third-order valence-corrected chi connectivity index (χ3v) is 5.63. The number of hydrogen-bond acceptors (Lipinski definition) is 5. The van der Waals surface area contributed by atoms with Crippen LogP contribution in [-0.2, 0) is 6.54 Å². The van der Waals surface area contributed by atoms with E-state index in [1.807, 2.05) is 44.6 Å². The lowest BCUT2D eigenvalue weighted by molar-refractivity contribution is 0.146. The van der Waals surface area contributed by atoms with Crippen LogP contribution in [0.15, 0.2) is 36.7 Å². The molecule has 0 spiro atoms. The smallest absolute Gasteiger partial charge is 0.140 e. The number of hydrogen-bond donors (Lipinski definition) is 1. The van der Waals surface area contributed by atoms with Gasteiger partial charge in [0, 0.05) is 50.6 Å². The molecular formula is C20H26N4O. The zero-order valence-electron chi connectivity index (χ0n) is 15.0. The van der Waals surface area contributed by atoms with Gasteiger partial charge in [0.05, 0.1) is 5.69 Å². The zero-order chi connectivity index (χ0) is 17.2. The van der Waals surface area contributed by atoms with Crippen LogP contribution in [-0.4, -0.2) is 41.1 Å². The number of likely N-dealkylation sites (tertiary alicyclic amines) is 1. The highest BCUT2D eigenvalue weighted by Crippen LogP contribution is 2.41. The van der Waals surface area contributed by atoms with Crippen molar-refractivity contribution in [2.45, 2.75) is 32.4 Å². The summed E-state index contributed by atoms with van der Waals surface area (Å²) in [6, 6.07) is 8.18. The second kappa shape index (κ2) is 7.00. The van der Waals surface area contributed by atoms with Gasteiger partial charge in [-0.15, -0.1) is 0 Å². The van der Waals surface area contributed by atoms with Gasteiger partial charge in [-0.3, -0.25) is 9.88 Å². The third kappa shape index (κ3) is 3.33. The van der Waals surface area contributed by atoms with E-state index in [-0.39, 0.29) is 0 Å². The van der Waals surface area contributed by atoms with Crippen molar-refractivity contribution < 1.29 is 4.74 Å². The highest BCUT2D eigenvalue weighted by Gasteiger charge is 2.44. The van der Waals surface area contributed by atoms with E-state index in [0.29, 0.717) is 12.0 Å². The first-order valence-electron chi connectivity index (χ1n) is 9.17. The number of aryl methyl sites for hydroxylation is 1. The van der Waals surface area contributed by atoms with E-state index in [1.54, 1.807) is 0 Å². The Morgan fingerprint density at radius 3 is 2.84 bits per heavy atom.